The van der Waals surface area contributed by atoms with E-state index in [1.807, 2.05) is 43.3 Å². The molecular formula is C22H22BrN3O3S. The lowest BCUT2D eigenvalue weighted by molar-refractivity contribution is 0.0950. The van der Waals surface area contributed by atoms with Gasteiger partial charge in [0.25, 0.3) is 15.9 Å². The molecule has 0 aliphatic rings. The molecule has 0 aliphatic carbocycles. The quantitative estimate of drug-likeness (QED) is 0.522. The maximum atomic E-state index is 12.7. The van der Waals surface area contributed by atoms with E-state index in [2.05, 4.69) is 26.0 Å². The monoisotopic (exact) mass is 487 g/mol. The lowest BCUT2D eigenvalue weighted by Gasteiger charge is -2.14. The van der Waals surface area contributed by atoms with E-state index in [0.717, 1.165) is 15.7 Å². The largest absolute Gasteiger partial charge is 0.378 e. The molecule has 0 heterocycles. The smallest absolute Gasteiger partial charge is 0.261 e. The summed E-state index contributed by atoms with van der Waals surface area (Å²) < 4.78 is 28.7. The fourth-order valence-corrected chi connectivity index (χ4v) is 4.13. The molecule has 0 aromatic heterocycles. The first-order valence-corrected chi connectivity index (χ1v) is 11.5. The molecule has 0 aliphatic heterocycles. The van der Waals surface area contributed by atoms with Crippen LogP contribution in [0, 0.1) is 0 Å². The summed E-state index contributed by atoms with van der Waals surface area (Å²) in [5, 5.41) is 2.84. The summed E-state index contributed by atoms with van der Waals surface area (Å²) in [6, 6.07) is 20.6. The van der Waals surface area contributed by atoms with Gasteiger partial charge in [-0.3, -0.25) is 9.52 Å². The SMILES string of the molecule is CN(C)c1cccc(CNC(=O)c2cccc(S(=O)(=O)Nc3ccc(Br)cc3)c2)c1. The van der Waals surface area contributed by atoms with Gasteiger partial charge < -0.3 is 10.2 Å². The Hall–Kier alpha value is -2.84. The number of sulfonamides is 1. The molecule has 3 rings (SSSR count). The highest BCUT2D eigenvalue weighted by Crippen LogP contribution is 2.20. The second kappa shape index (κ2) is 9.32. The molecule has 8 heteroatoms. The van der Waals surface area contributed by atoms with Gasteiger partial charge in [-0.15, -0.1) is 0 Å². The van der Waals surface area contributed by atoms with Gasteiger partial charge in [-0.2, -0.15) is 0 Å². The minimum Gasteiger partial charge on any atom is -0.378 e. The van der Waals surface area contributed by atoms with Gasteiger partial charge >= 0.3 is 0 Å². The van der Waals surface area contributed by atoms with Crippen LogP contribution in [0.5, 0.6) is 0 Å². The van der Waals surface area contributed by atoms with Crippen molar-refractivity contribution in [3.63, 3.8) is 0 Å². The minimum atomic E-state index is -3.82. The van der Waals surface area contributed by atoms with Crippen LogP contribution in [0.15, 0.2) is 82.2 Å². The van der Waals surface area contributed by atoms with Crippen molar-refractivity contribution in [3.05, 3.63) is 88.4 Å². The van der Waals surface area contributed by atoms with E-state index in [-0.39, 0.29) is 16.4 Å². The zero-order valence-electron chi connectivity index (χ0n) is 16.6. The van der Waals surface area contributed by atoms with E-state index in [0.29, 0.717) is 12.2 Å². The highest BCUT2D eigenvalue weighted by atomic mass is 79.9. The third-order valence-corrected chi connectivity index (χ3v) is 6.29. The van der Waals surface area contributed by atoms with E-state index in [9.17, 15) is 13.2 Å². The van der Waals surface area contributed by atoms with Crippen molar-refractivity contribution < 1.29 is 13.2 Å². The van der Waals surface area contributed by atoms with Crippen LogP contribution in [0.1, 0.15) is 15.9 Å². The first-order chi connectivity index (χ1) is 14.2. The second-order valence-electron chi connectivity index (χ2n) is 6.89. The Morgan fingerprint density at radius 1 is 0.967 bits per heavy atom. The molecule has 0 spiro atoms. The third kappa shape index (κ3) is 5.61. The van der Waals surface area contributed by atoms with Crippen molar-refractivity contribution in [3.8, 4) is 0 Å². The number of nitrogens with one attached hydrogen (secondary N) is 2. The Morgan fingerprint density at radius 2 is 1.67 bits per heavy atom. The van der Waals surface area contributed by atoms with Gasteiger partial charge in [0.2, 0.25) is 0 Å². The predicted molar refractivity (Wildman–Crippen MR) is 123 cm³/mol. The molecule has 0 unspecified atom stereocenters. The average molecular weight is 488 g/mol. The molecule has 0 saturated heterocycles. The van der Waals surface area contributed by atoms with Gasteiger partial charge in [0, 0.05) is 42.1 Å². The first kappa shape index (κ1) is 21.9. The van der Waals surface area contributed by atoms with Crippen LogP contribution in [0.25, 0.3) is 0 Å². The van der Waals surface area contributed by atoms with E-state index in [1.165, 1.54) is 12.1 Å². The fraction of sp³-hybridized carbons (Fsp3) is 0.136. The number of benzene rings is 3. The molecule has 156 valence electrons. The highest BCUT2D eigenvalue weighted by molar-refractivity contribution is 9.10. The molecule has 2 N–H and O–H groups in total. The Bertz CT molecular complexity index is 1150. The number of halogens is 1. The van der Waals surface area contributed by atoms with Crippen molar-refractivity contribution in [1.29, 1.82) is 0 Å². The van der Waals surface area contributed by atoms with Crippen LogP contribution >= 0.6 is 15.9 Å². The Balaban J connectivity index is 1.71. The van der Waals surface area contributed by atoms with Crippen LogP contribution in [-0.2, 0) is 16.6 Å². The summed E-state index contributed by atoms with van der Waals surface area (Å²) in [4.78, 5) is 14.6. The summed E-state index contributed by atoms with van der Waals surface area (Å²) >= 11 is 3.31. The maximum Gasteiger partial charge on any atom is 0.261 e. The number of nitrogens with zero attached hydrogens (tertiary/aromatic N) is 1. The van der Waals surface area contributed by atoms with Crippen molar-refractivity contribution in [2.75, 3.05) is 23.7 Å². The summed E-state index contributed by atoms with van der Waals surface area (Å²) in [7, 11) is 0.0854. The maximum absolute atomic E-state index is 12.7. The summed E-state index contributed by atoms with van der Waals surface area (Å²) in [5.74, 6) is -0.342. The van der Waals surface area contributed by atoms with Crippen LogP contribution in [-0.4, -0.2) is 28.4 Å². The summed E-state index contributed by atoms with van der Waals surface area (Å²) in [6.07, 6.45) is 0. The lowest BCUT2D eigenvalue weighted by Crippen LogP contribution is -2.23. The van der Waals surface area contributed by atoms with Gasteiger partial charge in [-0.1, -0.05) is 34.1 Å². The zero-order valence-corrected chi connectivity index (χ0v) is 19.0. The van der Waals surface area contributed by atoms with Gasteiger partial charge in [-0.25, -0.2) is 8.42 Å². The highest BCUT2D eigenvalue weighted by Gasteiger charge is 2.16. The molecule has 3 aromatic carbocycles. The zero-order chi connectivity index (χ0) is 21.7. The topological polar surface area (TPSA) is 78.5 Å². The number of hydrogen-bond donors (Lipinski definition) is 2. The van der Waals surface area contributed by atoms with E-state index >= 15 is 0 Å². The van der Waals surface area contributed by atoms with Crippen molar-refractivity contribution in [1.82, 2.24) is 5.32 Å². The molecule has 30 heavy (non-hydrogen) atoms. The molecule has 0 bridgehead atoms. The molecule has 0 atom stereocenters. The van der Waals surface area contributed by atoms with Crippen LogP contribution in [0.3, 0.4) is 0 Å². The van der Waals surface area contributed by atoms with Crippen LogP contribution in [0.4, 0.5) is 11.4 Å². The molecule has 0 fully saturated rings. The number of carbonyl (C=O) groups is 1. The van der Waals surface area contributed by atoms with Gasteiger partial charge in [0.1, 0.15) is 0 Å². The number of amides is 1. The molecule has 0 saturated carbocycles. The summed E-state index contributed by atoms with van der Waals surface area (Å²) in [6.45, 7) is 0.342. The fourth-order valence-electron chi connectivity index (χ4n) is 2.77. The number of anilines is 2. The third-order valence-electron chi connectivity index (χ3n) is 4.38. The average Bonchev–Trinajstić information content (AvgIpc) is 2.74. The van der Waals surface area contributed by atoms with Gasteiger partial charge in [0.15, 0.2) is 0 Å². The molecule has 0 radical (unpaired) electrons. The van der Waals surface area contributed by atoms with Crippen LogP contribution < -0.4 is 14.9 Å². The molecule has 6 nitrogen and oxygen atoms in total. The van der Waals surface area contributed by atoms with Gasteiger partial charge in [-0.05, 0) is 60.2 Å². The van der Waals surface area contributed by atoms with Crippen molar-refractivity contribution in [2.24, 2.45) is 0 Å². The van der Waals surface area contributed by atoms with E-state index < -0.39 is 10.0 Å². The Labute approximate surface area is 185 Å². The lowest BCUT2D eigenvalue weighted by atomic mass is 10.1. The van der Waals surface area contributed by atoms with Crippen LogP contribution in [0.2, 0.25) is 0 Å². The number of rotatable bonds is 7. The van der Waals surface area contributed by atoms with Gasteiger partial charge in [0.05, 0.1) is 4.90 Å². The minimum absolute atomic E-state index is 0.0210. The number of carbonyl (C=O) groups excluding carboxylic acids is 1. The second-order valence-corrected chi connectivity index (χ2v) is 9.49. The Kier molecular flexibility index (Phi) is 6.79. The normalized spacial score (nSPS) is 11.0. The molecule has 1 amide bonds. The predicted octanol–water partition coefficient (Wildman–Crippen LogP) is 4.25. The Morgan fingerprint density at radius 3 is 2.37 bits per heavy atom. The first-order valence-electron chi connectivity index (χ1n) is 9.17. The van der Waals surface area contributed by atoms with E-state index in [4.69, 9.17) is 0 Å². The number of hydrogen-bond acceptors (Lipinski definition) is 4. The van der Waals surface area contributed by atoms with E-state index in [1.54, 1.807) is 36.4 Å². The molecular weight excluding hydrogens is 466 g/mol. The van der Waals surface area contributed by atoms with Crippen molar-refractivity contribution in [2.45, 2.75) is 11.4 Å². The summed E-state index contributed by atoms with van der Waals surface area (Å²) in [5.41, 5.74) is 2.70. The molecule has 3 aromatic rings. The standard InChI is InChI=1S/C22H22BrN3O3S/c1-26(2)20-7-3-5-16(13-20)15-24-22(27)17-6-4-8-21(14-17)30(28,29)25-19-11-9-18(23)10-12-19/h3-14,25H,15H2,1-2H3,(H,24,27). The van der Waals surface area contributed by atoms with Crippen molar-refractivity contribution >= 4 is 43.2 Å².